The maximum Gasteiger partial charge on any atom is 0.409 e. The molecule has 7 heteroatoms. The van der Waals surface area contributed by atoms with Crippen molar-refractivity contribution < 1.29 is 14.3 Å². The number of rotatable bonds is 3. The highest BCUT2D eigenvalue weighted by Gasteiger charge is 2.31. The van der Waals surface area contributed by atoms with Crippen LogP contribution in [0.2, 0.25) is 5.02 Å². The third-order valence-electron chi connectivity index (χ3n) is 6.02. The van der Waals surface area contributed by atoms with Crippen LogP contribution >= 0.6 is 11.6 Å². The number of pyridine rings is 1. The summed E-state index contributed by atoms with van der Waals surface area (Å²) in [5.74, 6) is -0.0402. The normalized spacial score (nSPS) is 19.0. The van der Waals surface area contributed by atoms with E-state index in [9.17, 15) is 9.59 Å². The van der Waals surface area contributed by atoms with Crippen LogP contribution in [0.5, 0.6) is 0 Å². The molecule has 0 saturated carbocycles. The molecule has 30 heavy (non-hydrogen) atoms. The first kappa shape index (κ1) is 20.9. The van der Waals surface area contributed by atoms with Crippen molar-refractivity contribution in [2.24, 2.45) is 0 Å². The molecule has 1 atom stereocenters. The summed E-state index contributed by atoms with van der Waals surface area (Å²) in [5.41, 5.74) is 3.61. The van der Waals surface area contributed by atoms with Gasteiger partial charge in [-0.15, -0.1) is 0 Å². The first-order valence-electron chi connectivity index (χ1n) is 10.8. The zero-order valence-electron chi connectivity index (χ0n) is 17.6. The Kier molecular flexibility index (Phi) is 6.14. The summed E-state index contributed by atoms with van der Waals surface area (Å²) < 4.78 is 5.23. The number of benzene rings is 1. The molecule has 0 radical (unpaired) electrons. The van der Waals surface area contributed by atoms with Crippen molar-refractivity contribution in [1.82, 2.24) is 14.8 Å². The van der Waals surface area contributed by atoms with Gasteiger partial charge in [0.15, 0.2) is 0 Å². The monoisotopic (exact) mass is 429 g/mol. The molecule has 1 aliphatic carbocycles. The molecule has 2 aromatic rings. The summed E-state index contributed by atoms with van der Waals surface area (Å²) >= 11 is 6.66. The van der Waals surface area contributed by atoms with Crippen LogP contribution < -0.4 is 0 Å². The number of ether oxygens (including phenoxy) is 1. The number of carbonyl (C=O) groups is 2. The number of carbonyl (C=O) groups excluding carboxylic acids is 2. The first-order chi connectivity index (χ1) is 14.5. The van der Waals surface area contributed by atoms with E-state index in [1.165, 1.54) is 0 Å². The lowest BCUT2D eigenvalue weighted by Gasteiger charge is -2.39. The fourth-order valence-corrected chi connectivity index (χ4v) is 4.73. The molecule has 2 aliphatic rings. The topological polar surface area (TPSA) is 62.7 Å². The Hall–Kier alpha value is -2.34. The maximum atomic E-state index is 13.2. The molecule has 1 aromatic carbocycles. The molecule has 0 unspecified atom stereocenters. The third-order valence-corrected chi connectivity index (χ3v) is 6.45. The van der Waals surface area contributed by atoms with Crippen molar-refractivity contribution in [3.63, 3.8) is 0 Å². The second kappa shape index (κ2) is 8.80. The van der Waals surface area contributed by atoms with Crippen molar-refractivity contribution in [1.29, 1.82) is 0 Å². The van der Waals surface area contributed by atoms with E-state index in [0.29, 0.717) is 31.8 Å². The van der Waals surface area contributed by atoms with Gasteiger partial charge in [0.25, 0.3) is 5.91 Å². The molecule has 2 amide bonds. The van der Waals surface area contributed by atoms with Gasteiger partial charge in [-0.05, 0) is 56.7 Å². The van der Waals surface area contributed by atoms with Crippen LogP contribution in [0.1, 0.15) is 54.7 Å². The Morgan fingerprint density at radius 2 is 2.03 bits per heavy atom. The van der Waals surface area contributed by atoms with Crippen LogP contribution in [-0.4, -0.2) is 59.1 Å². The summed E-state index contributed by atoms with van der Waals surface area (Å²) in [6.45, 7) is 5.78. The number of halogens is 1. The van der Waals surface area contributed by atoms with Crippen LogP contribution in [0.4, 0.5) is 4.79 Å². The lowest BCUT2D eigenvalue weighted by molar-refractivity contribution is 0.0414. The van der Waals surface area contributed by atoms with Crippen molar-refractivity contribution >= 4 is 34.5 Å². The molecular weight excluding hydrogens is 402 g/mol. The third kappa shape index (κ3) is 3.97. The summed E-state index contributed by atoms with van der Waals surface area (Å²) in [5, 5.41) is 1.69. The average molecular weight is 430 g/mol. The molecule has 1 saturated heterocycles. The summed E-state index contributed by atoms with van der Waals surface area (Å²) in [6, 6.07) is 5.52. The molecule has 1 fully saturated rings. The van der Waals surface area contributed by atoms with Gasteiger partial charge >= 0.3 is 6.09 Å². The average Bonchev–Trinajstić information content (AvgIpc) is 2.76. The Balaban J connectivity index is 1.53. The number of amides is 2. The lowest BCUT2D eigenvalue weighted by atomic mass is 9.94. The van der Waals surface area contributed by atoms with E-state index in [0.717, 1.165) is 59.3 Å². The minimum absolute atomic E-state index is 0.0402. The van der Waals surface area contributed by atoms with Crippen molar-refractivity contribution in [3.05, 3.63) is 40.0 Å². The molecule has 2 heterocycles. The van der Waals surface area contributed by atoms with Crippen LogP contribution in [-0.2, 0) is 17.6 Å². The van der Waals surface area contributed by atoms with Gasteiger partial charge in [0.2, 0.25) is 0 Å². The Bertz CT molecular complexity index is 978. The minimum atomic E-state index is -0.301. The van der Waals surface area contributed by atoms with Gasteiger partial charge in [-0.3, -0.25) is 9.78 Å². The van der Waals surface area contributed by atoms with Crippen LogP contribution in [0.3, 0.4) is 0 Å². The SMILES string of the molecule is CCCOC(=O)N1CCN(C(=O)c2ccc3c(Cl)c4c(nc3c2)CCCC4)[C@H](C)C1. The van der Waals surface area contributed by atoms with Gasteiger partial charge in [0, 0.05) is 42.3 Å². The molecule has 0 spiro atoms. The second-order valence-corrected chi connectivity index (χ2v) is 8.58. The highest BCUT2D eigenvalue weighted by atomic mass is 35.5. The quantitative estimate of drug-likeness (QED) is 0.722. The zero-order chi connectivity index (χ0) is 21.3. The maximum absolute atomic E-state index is 13.2. The molecule has 6 nitrogen and oxygen atoms in total. The van der Waals surface area contributed by atoms with E-state index in [1.54, 1.807) is 4.90 Å². The standard InChI is InChI=1S/C23H28ClN3O3/c1-3-12-30-23(29)26-10-11-27(15(2)14-26)22(28)16-8-9-18-20(13-16)25-19-7-5-4-6-17(19)21(18)24/h8-9,13,15H,3-7,10-12,14H2,1-2H3/t15-/m1/s1. The summed E-state index contributed by atoms with van der Waals surface area (Å²) in [6.07, 6.45) is 4.68. The van der Waals surface area contributed by atoms with E-state index in [4.69, 9.17) is 21.3 Å². The van der Waals surface area contributed by atoms with Gasteiger partial charge in [0.05, 0.1) is 17.1 Å². The van der Waals surface area contributed by atoms with E-state index in [-0.39, 0.29) is 18.0 Å². The van der Waals surface area contributed by atoms with Crippen molar-refractivity contribution in [3.8, 4) is 0 Å². The van der Waals surface area contributed by atoms with Crippen LogP contribution in [0, 0.1) is 0 Å². The fourth-order valence-electron chi connectivity index (χ4n) is 4.37. The predicted octanol–water partition coefficient (Wildman–Crippen LogP) is 4.46. The highest BCUT2D eigenvalue weighted by molar-refractivity contribution is 6.36. The van der Waals surface area contributed by atoms with E-state index < -0.39 is 0 Å². The van der Waals surface area contributed by atoms with Crippen molar-refractivity contribution in [2.45, 2.75) is 52.0 Å². The number of nitrogens with zero attached hydrogens (tertiary/aromatic N) is 3. The first-order valence-corrected chi connectivity index (χ1v) is 11.2. The van der Waals surface area contributed by atoms with E-state index in [2.05, 4.69) is 0 Å². The van der Waals surface area contributed by atoms with E-state index >= 15 is 0 Å². The fraction of sp³-hybridized carbons (Fsp3) is 0.522. The van der Waals surface area contributed by atoms with Gasteiger partial charge in [0.1, 0.15) is 0 Å². The molecule has 0 N–H and O–H groups in total. The Morgan fingerprint density at radius 1 is 1.23 bits per heavy atom. The van der Waals surface area contributed by atoms with E-state index in [1.807, 2.05) is 36.9 Å². The Morgan fingerprint density at radius 3 is 2.80 bits per heavy atom. The van der Waals surface area contributed by atoms with Crippen LogP contribution in [0.15, 0.2) is 18.2 Å². The minimum Gasteiger partial charge on any atom is -0.449 e. The molecule has 160 valence electrons. The van der Waals surface area contributed by atoms with Gasteiger partial charge in [-0.2, -0.15) is 0 Å². The van der Waals surface area contributed by atoms with Gasteiger partial charge < -0.3 is 14.5 Å². The molecule has 0 bridgehead atoms. The smallest absolute Gasteiger partial charge is 0.409 e. The van der Waals surface area contributed by atoms with Gasteiger partial charge in [-0.25, -0.2) is 4.79 Å². The largest absolute Gasteiger partial charge is 0.449 e. The summed E-state index contributed by atoms with van der Waals surface area (Å²) in [7, 11) is 0. The Labute approximate surface area is 182 Å². The predicted molar refractivity (Wildman–Crippen MR) is 117 cm³/mol. The number of aryl methyl sites for hydroxylation is 1. The zero-order valence-corrected chi connectivity index (χ0v) is 18.4. The molecule has 1 aromatic heterocycles. The number of aromatic nitrogens is 1. The second-order valence-electron chi connectivity index (χ2n) is 8.20. The number of piperazine rings is 1. The highest BCUT2D eigenvalue weighted by Crippen LogP contribution is 2.33. The van der Waals surface area contributed by atoms with Crippen LogP contribution in [0.25, 0.3) is 10.9 Å². The number of hydrogen-bond donors (Lipinski definition) is 0. The molecule has 1 aliphatic heterocycles. The van der Waals surface area contributed by atoms with Gasteiger partial charge in [-0.1, -0.05) is 24.6 Å². The molecular formula is C23H28ClN3O3. The number of fused-ring (bicyclic) bond motifs is 2. The lowest BCUT2D eigenvalue weighted by Crippen LogP contribution is -2.55. The number of hydrogen-bond acceptors (Lipinski definition) is 4. The summed E-state index contributed by atoms with van der Waals surface area (Å²) in [4.78, 5) is 33.7. The molecule has 4 rings (SSSR count). The van der Waals surface area contributed by atoms with Crippen molar-refractivity contribution in [2.75, 3.05) is 26.2 Å².